The molecule has 1 aliphatic carbocycles. The second-order valence-electron chi connectivity index (χ2n) is 4.19. The number of rotatable bonds is 0. The van der Waals surface area contributed by atoms with Gasteiger partial charge in [-0.05, 0) is 0 Å². The smallest absolute Gasteiger partial charge is 0.147 e. The van der Waals surface area contributed by atoms with E-state index in [1.54, 1.807) is 0 Å². The molecular weight excluding hydrogens is 172 g/mol. The Bertz CT molecular complexity index is 64.5. The second kappa shape index (κ2) is 6.07. The molecule has 0 amide bonds. The van der Waals surface area contributed by atoms with E-state index in [1.165, 1.54) is 38.5 Å². The lowest BCUT2D eigenvalue weighted by Gasteiger charge is -2.05. The van der Waals surface area contributed by atoms with Gasteiger partial charge in [-0.15, -0.1) is 0 Å². The maximum atomic E-state index is 5.67. The van der Waals surface area contributed by atoms with Crippen LogP contribution in [0.25, 0.3) is 0 Å². The van der Waals surface area contributed by atoms with E-state index < -0.39 is 7.38 Å². The highest BCUT2D eigenvalue weighted by Crippen LogP contribution is 2.15. The second-order valence-corrected chi connectivity index (χ2v) is 11.7. The summed E-state index contributed by atoms with van der Waals surface area (Å²) in [6.45, 7) is 6.28. The van der Waals surface area contributed by atoms with Gasteiger partial charge in [0.1, 0.15) is 7.38 Å². The molecule has 0 aromatic heterocycles. The predicted molar refractivity (Wildman–Crippen MR) is 56.9 cm³/mol. The number of halogens is 1. The van der Waals surface area contributed by atoms with E-state index in [2.05, 4.69) is 19.6 Å². The van der Waals surface area contributed by atoms with Gasteiger partial charge in [-0.2, -0.15) is 11.1 Å². The minimum Gasteiger partial charge on any atom is -0.168 e. The summed E-state index contributed by atoms with van der Waals surface area (Å²) in [5.74, 6) is 0. The quantitative estimate of drug-likeness (QED) is 0.394. The summed E-state index contributed by atoms with van der Waals surface area (Å²) >= 11 is 5.67. The zero-order valence-corrected chi connectivity index (χ0v) is 9.88. The van der Waals surface area contributed by atoms with Crippen LogP contribution in [0.3, 0.4) is 0 Å². The molecule has 1 saturated carbocycles. The summed E-state index contributed by atoms with van der Waals surface area (Å²) in [6.07, 6.45) is 9.00. The highest BCUT2D eigenvalue weighted by atomic mass is 35.6. The molecule has 0 bridgehead atoms. The van der Waals surface area contributed by atoms with Crippen molar-refractivity contribution in [2.45, 2.75) is 58.2 Å². The van der Waals surface area contributed by atoms with Crippen LogP contribution in [0.5, 0.6) is 0 Å². The summed E-state index contributed by atoms with van der Waals surface area (Å²) in [6, 6.07) is 0. The Balaban J connectivity index is 0.000000187. The molecule has 0 aliphatic heterocycles. The van der Waals surface area contributed by atoms with E-state index in [0.29, 0.717) is 0 Å². The molecule has 2 heteroatoms. The van der Waals surface area contributed by atoms with Gasteiger partial charge in [-0.1, -0.05) is 58.2 Å². The van der Waals surface area contributed by atoms with Crippen molar-refractivity contribution < 1.29 is 0 Å². The van der Waals surface area contributed by atoms with Crippen molar-refractivity contribution >= 4 is 18.5 Å². The lowest BCUT2D eigenvalue weighted by molar-refractivity contribution is 0.504. The minimum absolute atomic E-state index is 1.14. The SMILES string of the molecule is C1CCCCC1.C[Si](C)(C)Cl. The van der Waals surface area contributed by atoms with Gasteiger partial charge in [0.15, 0.2) is 0 Å². The summed E-state index contributed by atoms with van der Waals surface area (Å²) < 4.78 is 0. The lowest BCUT2D eigenvalue weighted by Crippen LogP contribution is -2.06. The summed E-state index contributed by atoms with van der Waals surface area (Å²) in [4.78, 5) is 0. The highest BCUT2D eigenvalue weighted by molar-refractivity contribution is 7.18. The van der Waals surface area contributed by atoms with Crippen LogP contribution in [0, 0.1) is 0 Å². The zero-order valence-electron chi connectivity index (χ0n) is 8.12. The first-order valence-corrected chi connectivity index (χ1v) is 9.20. The van der Waals surface area contributed by atoms with Crippen molar-refractivity contribution in [2.24, 2.45) is 0 Å². The van der Waals surface area contributed by atoms with Crippen LogP contribution in [-0.4, -0.2) is 7.38 Å². The molecule has 0 spiro atoms. The van der Waals surface area contributed by atoms with E-state index >= 15 is 0 Å². The van der Waals surface area contributed by atoms with Crippen molar-refractivity contribution in [1.29, 1.82) is 0 Å². The molecule has 0 atom stereocenters. The fraction of sp³-hybridized carbons (Fsp3) is 1.00. The summed E-state index contributed by atoms with van der Waals surface area (Å²) in [7, 11) is -1.14. The Kier molecular flexibility index (Phi) is 6.35. The van der Waals surface area contributed by atoms with Crippen molar-refractivity contribution in [3.8, 4) is 0 Å². The summed E-state index contributed by atoms with van der Waals surface area (Å²) in [5.41, 5.74) is 0. The molecule has 1 rings (SSSR count). The first-order chi connectivity index (χ1) is 5.00. The molecule has 1 aliphatic rings. The Morgan fingerprint density at radius 3 is 0.909 bits per heavy atom. The van der Waals surface area contributed by atoms with Crippen molar-refractivity contribution in [1.82, 2.24) is 0 Å². The van der Waals surface area contributed by atoms with Crippen molar-refractivity contribution in [3.63, 3.8) is 0 Å². The maximum Gasteiger partial charge on any atom is 0.147 e. The first-order valence-electron chi connectivity index (χ1n) is 4.69. The molecule has 1 fully saturated rings. The fourth-order valence-corrected chi connectivity index (χ4v) is 1.06. The van der Waals surface area contributed by atoms with Crippen LogP contribution in [0.15, 0.2) is 0 Å². The fourth-order valence-electron chi connectivity index (χ4n) is 1.06. The van der Waals surface area contributed by atoms with Crippen LogP contribution >= 0.6 is 11.1 Å². The third kappa shape index (κ3) is 18.0. The highest BCUT2D eigenvalue weighted by Gasteiger charge is 2.04. The van der Waals surface area contributed by atoms with Crippen LogP contribution in [-0.2, 0) is 0 Å². The van der Waals surface area contributed by atoms with Gasteiger partial charge in [0.25, 0.3) is 0 Å². The Morgan fingerprint density at radius 1 is 0.727 bits per heavy atom. The Labute approximate surface area is 77.0 Å². The molecule has 0 unspecified atom stereocenters. The van der Waals surface area contributed by atoms with E-state index in [1.807, 2.05) is 0 Å². The van der Waals surface area contributed by atoms with Gasteiger partial charge >= 0.3 is 0 Å². The van der Waals surface area contributed by atoms with E-state index in [0.717, 1.165) is 0 Å². The predicted octanol–water partition coefficient (Wildman–Crippen LogP) is 4.40. The molecule has 11 heavy (non-hydrogen) atoms. The monoisotopic (exact) mass is 192 g/mol. The van der Waals surface area contributed by atoms with Gasteiger partial charge in [0.05, 0.1) is 0 Å². The normalized spacial score (nSPS) is 18.5. The van der Waals surface area contributed by atoms with E-state index in [9.17, 15) is 0 Å². The Hall–Kier alpha value is 0.507. The molecule has 0 N–H and O–H groups in total. The van der Waals surface area contributed by atoms with Gasteiger partial charge in [-0.3, -0.25) is 0 Å². The maximum absolute atomic E-state index is 5.67. The third-order valence-electron chi connectivity index (χ3n) is 1.50. The molecule has 0 aromatic carbocycles. The van der Waals surface area contributed by atoms with Gasteiger partial charge in [0, 0.05) is 0 Å². The van der Waals surface area contributed by atoms with Gasteiger partial charge < -0.3 is 0 Å². The van der Waals surface area contributed by atoms with Gasteiger partial charge in [-0.25, -0.2) is 0 Å². The van der Waals surface area contributed by atoms with E-state index in [-0.39, 0.29) is 0 Å². The van der Waals surface area contributed by atoms with Crippen LogP contribution < -0.4 is 0 Å². The zero-order chi connectivity index (χ0) is 8.74. The Morgan fingerprint density at radius 2 is 0.818 bits per heavy atom. The molecular formula is C9H21ClSi. The molecule has 0 aromatic rings. The number of hydrogen-bond acceptors (Lipinski definition) is 0. The largest absolute Gasteiger partial charge is 0.168 e. The van der Waals surface area contributed by atoms with Crippen LogP contribution in [0.2, 0.25) is 19.6 Å². The lowest BCUT2D eigenvalue weighted by atomic mass is 10.0. The van der Waals surface area contributed by atoms with Gasteiger partial charge in [0.2, 0.25) is 0 Å². The van der Waals surface area contributed by atoms with Crippen LogP contribution in [0.4, 0.5) is 0 Å². The standard InChI is InChI=1S/C6H12.C3H9ClSi/c1-2-4-6-5-3-1;1-5(2,3)4/h1-6H2;1-3H3. The molecule has 0 heterocycles. The topological polar surface area (TPSA) is 0 Å². The van der Waals surface area contributed by atoms with Crippen molar-refractivity contribution in [2.75, 3.05) is 0 Å². The molecule has 0 nitrogen and oxygen atoms in total. The average Bonchev–Trinajstić information content (AvgIpc) is 1.88. The van der Waals surface area contributed by atoms with Crippen LogP contribution in [0.1, 0.15) is 38.5 Å². The number of hydrogen-bond donors (Lipinski definition) is 0. The molecule has 68 valence electrons. The first kappa shape index (κ1) is 11.5. The molecule has 0 saturated heterocycles. The average molecular weight is 193 g/mol. The van der Waals surface area contributed by atoms with E-state index in [4.69, 9.17) is 11.1 Å². The molecule has 0 radical (unpaired) electrons. The van der Waals surface area contributed by atoms with Crippen molar-refractivity contribution in [3.05, 3.63) is 0 Å². The minimum atomic E-state index is -1.14. The summed E-state index contributed by atoms with van der Waals surface area (Å²) in [5, 5.41) is 0. The third-order valence-corrected chi connectivity index (χ3v) is 1.50.